The Morgan fingerprint density at radius 3 is 2.48 bits per heavy atom. The first-order valence-corrected chi connectivity index (χ1v) is 9.80. The topological polar surface area (TPSA) is 30.9 Å². The number of ether oxygens (including phenoxy) is 3. The van der Waals surface area contributed by atoms with Gasteiger partial charge < -0.3 is 19.1 Å². The van der Waals surface area contributed by atoms with Gasteiger partial charge in [0.25, 0.3) is 0 Å². The Hall–Kier alpha value is -1.42. The molecule has 3 rings (SSSR count). The summed E-state index contributed by atoms with van der Waals surface area (Å²) in [5, 5.41) is 0. The van der Waals surface area contributed by atoms with Crippen molar-refractivity contribution < 1.29 is 14.2 Å². The number of benzene rings is 1. The van der Waals surface area contributed by atoms with Crippen molar-refractivity contribution in [2.24, 2.45) is 0 Å². The molecule has 2 fully saturated rings. The van der Waals surface area contributed by atoms with Crippen LogP contribution in [-0.2, 0) is 4.74 Å². The van der Waals surface area contributed by atoms with Crippen LogP contribution in [0.5, 0.6) is 11.5 Å². The lowest BCUT2D eigenvalue weighted by molar-refractivity contribution is 0.122. The van der Waals surface area contributed by atoms with Crippen molar-refractivity contribution in [1.82, 2.24) is 0 Å². The van der Waals surface area contributed by atoms with Crippen LogP contribution in [0.3, 0.4) is 0 Å². The van der Waals surface area contributed by atoms with E-state index in [2.05, 4.69) is 37.8 Å². The molecule has 2 aliphatic rings. The van der Waals surface area contributed by atoms with Gasteiger partial charge >= 0.3 is 0 Å². The average molecular weight is 346 g/mol. The summed E-state index contributed by atoms with van der Waals surface area (Å²) < 4.78 is 17.6. The Labute approximate surface area is 152 Å². The minimum atomic E-state index is 0.549. The molecule has 4 nitrogen and oxygen atoms in total. The average Bonchev–Trinajstić information content (AvgIpc) is 2.64. The quantitative estimate of drug-likeness (QED) is 0.755. The fraction of sp³-hybridized carbons (Fsp3) is 0.667. The second kappa shape index (κ2) is 8.79. The van der Waals surface area contributed by atoms with E-state index in [1.165, 1.54) is 31.2 Å². The van der Waals surface area contributed by atoms with Crippen LogP contribution in [0.4, 0.5) is 5.69 Å². The van der Waals surface area contributed by atoms with Crippen LogP contribution < -0.4 is 14.4 Å². The molecular weight excluding hydrogens is 314 g/mol. The lowest BCUT2D eigenvalue weighted by Crippen LogP contribution is -2.36. The number of morpholine rings is 1. The normalized spacial score (nSPS) is 22.0. The molecule has 1 aliphatic carbocycles. The molecule has 1 radical (unpaired) electrons. The van der Waals surface area contributed by atoms with Gasteiger partial charge in [0.1, 0.15) is 11.5 Å². The van der Waals surface area contributed by atoms with Crippen LogP contribution in [0, 0.1) is 5.92 Å². The van der Waals surface area contributed by atoms with Crippen LogP contribution >= 0.6 is 0 Å². The Balaban J connectivity index is 1.96. The van der Waals surface area contributed by atoms with Gasteiger partial charge in [0.2, 0.25) is 0 Å². The first kappa shape index (κ1) is 18.4. The molecule has 1 saturated carbocycles. The molecule has 25 heavy (non-hydrogen) atoms. The summed E-state index contributed by atoms with van der Waals surface area (Å²) in [7, 11) is 0. The Kier molecular flexibility index (Phi) is 6.46. The molecule has 1 aromatic rings. The van der Waals surface area contributed by atoms with Gasteiger partial charge in [0.15, 0.2) is 0 Å². The molecule has 1 aromatic carbocycles. The first-order chi connectivity index (χ1) is 12.2. The maximum absolute atomic E-state index is 6.07. The van der Waals surface area contributed by atoms with Crippen LogP contribution in [0.15, 0.2) is 12.1 Å². The van der Waals surface area contributed by atoms with E-state index in [9.17, 15) is 0 Å². The van der Waals surface area contributed by atoms with E-state index in [-0.39, 0.29) is 0 Å². The molecule has 0 amide bonds. The second-order valence-corrected chi connectivity index (χ2v) is 7.07. The zero-order valence-corrected chi connectivity index (χ0v) is 16.0. The maximum Gasteiger partial charge on any atom is 0.143 e. The summed E-state index contributed by atoms with van der Waals surface area (Å²) in [6, 6.07) is 4.46. The molecule has 1 unspecified atom stereocenters. The van der Waals surface area contributed by atoms with E-state index in [0.717, 1.165) is 43.5 Å². The molecule has 139 valence electrons. The van der Waals surface area contributed by atoms with Gasteiger partial charge in [-0.3, -0.25) is 0 Å². The molecule has 0 bridgehead atoms. The third-order valence-corrected chi connectivity index (χ3v) is 5.23. The summed E-state index contributed by atoms with van der Waals surface area (Å²) in [6.07, 6.45) is 4.95. The second-order valence-electron chi connectivity index (χ2n) is 7.07. The summed E-state index contributed by atoms with van der Waals surface area (Å²) in [4.78, 5) is 2.36. The summed E-state index contributed by atoms with van der Waals surface area (Å²) in [6.45, 7) is 11.1. The SMILES string of the molecule is CCOc1cc(N2CCOCC2)c(OCC)cc1C1CCC[C](C)C1. The van der Waals surface area contributed by atoms with Gasteiger partial charge in [-0.1, -0.05) is 13.3 Å². The predicted molar refractivity (Wildman–Crippen MR) is 102 cm³/mol. The van der Waals surface area contributed by atoms with Gasteiger partial charge in [-0.05, 0) is 51.0 Å². The maximum atomic E-state index is 6.07. The molecule has 1 saturated heterocycles. The lowest BCUT2D eigenvalue weighted by Gasteiger charge is -2.33. The minimum absolute atomic E-state index is 0.549. The standard InChI is InChI=1S/C21H32NO3/c1-4-24-20-15-19(22-9-11-23-12-10-22)21(25-5-2)14-18(20)17-8-6-7-16(3)13-17/h14-15,17H,4-13H2,1-3H3. The van der Waals surface area contributed by atoms with Crippen LogP contribution in [0.25, 0.3) is 0 Å². The number of hydrogen-bond acceptors (Lipinski definition) is 4. The molecule has 0 aromatic heterocycles. The van der Waals surface area contributed by atoms with Crippen LogP contribution in [0.2, 0.25) is 0 Å². The zero-order chi connectivity index (χ0) is 17.6. The largest absolute Gasteiger partial charge is 0.494 e. The monoisotopic (exact) mass is 346 g/mol. The van der Waals surface area contributed by atoms with E-state index in [0.29, 0.717) is 19.1 Å². The van der Waals surface area contributed by atoms with Crippen molar-refractivity contribution in [3.8, 4) is 11.5 Å². The highest BCUT2D eigenvalue weighted by Crippen LogP contribution is 2.45. The van der Waals surface area contributed by atoms with E-state index in [1.807, 2.05) is 0 Å². The van der Waals surface area contributed by atoms with Gasteiger partial charge in [0.05, 0.1) is 32.1 Å². The van der Waals surface area contributed by atoms with Crippen molar-refractivity contribution in [2.45, 2.75) is 52.4 Å². The minimum Gasteiger partial charge on any atom is -0.494 e. The molecule has 0 N–H and O–H groups in total. The van der Waals surface area contributed by atoms with E-state index < -0.39 is 0 Å². The van der Waals surface area contributed by atoms with Crippen molar-refractivity contribution in [3.63, 3.8) is 0 Å². The third kappa shape index (κ3) is 4.41. The fourth-order valence-electron chi connectivity index (χ4n) is 4.03. The molecule has 1 aliphatic heterocycles. The van der Waals surface area contributed by atoms with Crippen molar-refractivity contribution in [2.75, 3.05) is 44.4 Å². The summed E-state index contributed by atoms with van der Waals surface area (Å²) in [5.74, 6) is 4.18. The van der Waals surface area contributed by atoms with Crippen molar-refractivity contribution >= 4 is 5.69 Å². The van der Waals surface area contributed by atoms with E-state index in [4.69, 9.17) is 14.2 Å². The third-order valence-electron chi connectivity index (χ3n) is 5.23. The van der Waals surface area contributed by atoms with Gasteiger partial charge in [-0.2, -0.15) is 0 Å². The molecule has 1 atom stereocenters. The van der Waals surface area contributed by atoms with Crippen molar-refractivity contribution in [1.29, 1.82) is 0 Å². The van der Waals surface area contributed by atoms with Gasteiger partial charge in [-0.25, -0.2) is 0 Å². The molecule has 0 spiro atoms. The summed E-state index contributed by atoms with van der Waals surface area (Å²) in [5.41, 5.74) is 2.47. The van der Waals surface area contributed by atoms with Gasteiger partial charge in [-0.15, -0.1) is 0 Å². The number of rotatable bonds is 6. The van der Waals surface area contributed by atoms with Crippen LogP contribution in [0.1, 0.15) is 57.9 Å². The Morgan fingerprint density at radius 1 is 1.08 bits per heavy atom. The Morgan fingerprint density at radius 2 is 1.80 bits per heavy atom. The highest BCUT2D eigenvalue weighted by molar-refractivity contribution is 5.65. The highest BCUT2D eigenvalue weighted by Gasteiger charge is 2.26. The zero-order valence-electron chi connectivity index (χ0n) is 16.0. The lowest BCUT2D eigenvalue weighted by atomic mass is 9.78. The molecule has 4 heteroatoms. The smallest absolute Gasteiger partial charge is 0.143 e. The fourth-order valence-corrected chi connectivity index (χ4v) is 4.03. The van der Waals surface area contributed by atoms with Crippen molar-refractivity contribution in [3.05, 3.63) is 23.6 Å². The predicted octanol–water partition coefficient (Wildman–Crippen LogP) is 4.57. The van der Waals surface area contributed by atoms with Gasteiger partial charge in [0, 0.05) is 24.7 Å². The number of anilines is 1. The molecular formula is C21H32NO3. The van der Waals surface area contributed by atoms with E-state index >= 15 is 0 Å². The number of nitrogens with zero attached hydrogens (tertiary/aromatic N) is 1. The van der Waals surface area contributed by atoms with Crippen LogP contribution in [-0.4, -0.2) is 39.5 Å². The van der Waals surface area contributed by atoms with E-state index in [1.54, 1.807) is 5.92 Å². The molecule has 1 heterocycles. The Bertz CT molecular complexity index is 554. The highest BCUT2D eigenvalue weighted by atomic mass is 16.5. The first-order valence-electron chi connectivity index (χ1n) is 9.80. The summed E-state index contributed by atoms with van der Waals surface area (Å²) >= 11 is 0. The number of hydrogen-bond donors (Lipinski definition) is 0.